The molecule has 0 atom stereocenters. The molecule has 4 rings (SSSR count). The normalized spacial score (nSPS) is 10.8. The van der Waals surface area contributed by atoms with E-state index in [-0.39, 0.29) is 0 Å². The Labute approximate surface area is 176 Å². The average molecular weight is 479 g/mol. The third-order valence-electron chi connectivity index (χ3n) is 4.44. The maximum absolute atomic E-state index is 4.94. The molecule has 0 N–H and O–H groups in total. The van der Waals surface area contributed by atoms with E-state index in [2.05, 4.69) is 106 Å². The zero-order chi connectivity index (χ0) is 18.8. The van der Waals surface area contributed by atoms with Gasteiger partial charge in [-0.15, -0.1) is 0 Å². The zero-order valence-electron chi connectivity index (χ0n) is 14.8. The molecular weight excluding hydrogens is 462 g/mol. The van der Waals surface area contributed by atoms with E-state index < -0.39 is 0 Å². The fourth-order valence-corrected chi connectivity index (χ4v) is 4.10. The Morgan fingerprint density at radius 3 is 1.89 bits per heavy atom. The molecular formula is C24H17Br2N. The van der Waals surface area contributed by atoms with Crippen LogP contribution in [0.2, 0.25) is 0 Å². The van der Waals surface area contributed by atoms with Gasteiger partial charge in [-0.25, -0.2) is 0 Å². The zero-order valence-corrected chi connectivity index (χ0v) is 18.0. The van der Waals surface area contributed by atoms with Gasteiger partial charge in [-0.2, -0.15) is 0 Å². The number of pyridine rings is 1. The van der Waals surface area contributed by atoms with Crippen LogP contribution in [0, 0.1) is 6.92 Å². The summed E-state index contributed by atoms with van der Waals surface area (Å²) in [6.07, 6.45) is 0. The SMILES string of the molecule is Cc1cc(-c2ccccc2)c(-c2cccc(Br)c2)c(-c2cccc(Br)c2)n1. The molecule has 3 heteroatoms. The number of benzene rings is 3. The van der Waals surface area contributed by atoms with Crippen LogP contribution in [0.1, 0.15) is 5.69 Å². The van der Waals surface area contributed by atoms with Crippen LogP contribution in [0.3, 0.4) is 0 Å². The summed E-state index contributed by atoms with van der Waals surface area (Å²) in [5, 5.41) is 0. The summed E-state index contributed by atoms with van der Waals surface area (Å²) in [5.74, 6) is 0. The summed E-state index contributed by atoms with van der Waals surface area (Å²) in [4.78, 5) is 4.94. The molecule has 0 radical (unpaired) electrons. The summed E-state index contributed by atoms with van der Waals surface area (Å²) in [5.41, 5.74) is 7.76. The number of hydrogen-bond donors (Lipinski definition) is 0. The number of aromatic nitrogens is 1. The third-order valence-corrected chi connectivity index (χ3v) is 5.43. The standard InChI is InChI=1S/C24H17Br2N/c1-16-13-22(17-7-3-2-4-8-17)23(18-9-5-11-20(25)14-18)24(27-16)19-10-6-12-21(26)15-19/h2-15H,1H3. The van der Waals surface area contributed by atoms with Crippen LogP contribution in [-0.4, -0.2) is 4.98 Å². The second-order valence-corrected chi connectivity index (χ2v) is 8.25. The summed E-state index contributed by atoms with van der Waals surface area (Å²) in [6.45, 7) is 2.05. The number of rotatable bonds is 3. The molecule has 4 aromatic rings. The Hall–Kier alpha value is -2.23. The van der Waals surface area contributed by atoms with Gasteiger partial charge in [-0.1, -0.05) is 86.5 Å². The van der Waals surface area contributed by atoms with Gasteiger partial charge in [0, 0.05) is 25.8 Å². The van der Waals surface area contributed by atoms with Crippen LogP contribution in [0.15, 0.2) is 93.9 Å². The van der Waals surface area contributed by atoms with Gasteiger partial charge in [-0.3, -0.25) is 4.98 Å². The minimum atomic E-state index is 0.994. The van der Waals surface area contributed by atoms with E-state index in [9.17, 15) is 0 Å². The van der Waals surface area contributed by atoms with Gasteiger partial charge in [0.25, 0.3) is 0 Å². The van der Waals surface area contributed by atoms with Gasteiger partial charge in [0.15, 0.2) is 0 Å². The molecule has 1 heterocycles. The molecule has 0 fully saturated rings. The summed E-state index contributed by atoms with van der Waals surface area (Å²) >= 11 is 7.22. The Morgan fingerprint density at radius 2 is 1.22 bits per heavy atom. The highest BCUT2D eigenvalue weighted by Crippen LogP contribution is 2.40. The van der Waals surface area contributed by atoms with Crippen LogP contribution in [0.25, 0.3) is 33.5 Å². The molecule has 0 unspecified atom stereocenters. The third kappa shape index (κ3) is 3.90. The fourth-order valence-electron chi connectivity index (χ4n) is 3.30. The van der Waals surface area contributed by atoms with Gasteiger partial charge in [0.05, 0.1) is 5.69 Å². The molecule has 0 bridgehead atoms. The number of hydrogen-bond acceptors (Lipinski definition) is 1. The number of halogens is 2. The second-order valence-electron chi connectivity index (χ2n) is 6.42. The summed E-state index contributed by atoms with van der Waals surface area (Å²) < 4.78 is 2.10. The van der Waals surface area contributed by atoms with Gasteiger partial charge < -0.3 is 0 Å². The van der Waals surface area contributed by atoms with E-state index in [4.69, 9.17) is 4.98 Å². The van der Waals surface area contributed by atoms with Crippen LogP contribution >= 0.6 is 31.9 Å². The lowest BCUT2D eigenvalue weighted by atomic mass is 9.90. The lowest BCUT2D eigenvalue weighted by Gasteiger charge is -2.17. The molecule has 0 aliphatic carbocycles. The highest BCUT2D eigenvalue weighted by atomic mass is 79.9. The predicted molar refractivity (Wildman–Crippen MR) is 121 cm³/mol. The van der Waals surface area contributed by atoms with Gasteiger partial charge in [0.1, 0.15) is 0 Å². The van der Waals surface area contributed by atoms with Gasteiger partial charge >= 0.3 is 0 Å². The monoisotopic (exact) mass is 477 g/mol. The quantitative estimate of drug-likeness (QED) is 0.291. The van der Waals surface area contributed by atoms with Crippen molar-refractivity contribution in [3.05, 3.63) is 99.6 Å². The topological polar surface area (TPSA) is 12.9 Å². The largest absolute Gasteiger partial charge is 0.252 e. The van der Waals surface area contributed by atoms with E-state index in [1.165, 1.54) is 11.1 Å². The smallest absolute Gasteiger partial charge is 0.0790 e. The van der Waals surface area contributed by atoms with Crippen molar-refractivity contribution in [2.75, 3.05) is 0 Å². The molecule has 0 saturated heterocycles. The second kappa shape index (κ2) is 7.79. The average Bonchev–Trinajstić information content (AvgIpc) is 2.68. The van der Waals surface area contributed by atoms with E-state index >= 15 is 0 Å². The molecule has 0 aliphatic heterocycles. The van der Waals surface area contributed by atoms with Crippen molar-refractivity contribution < 1.29 is 0 Å². The van der Waals surface area contributed by atoms with Crippen molar-refractivity contribution in [3.8, 4) is 33.5 Å². The van der Waals surface area contributed by atoms with E-state index in [1.807, 2.05) is 18.2 Å². The van der Waals surface area contributed by atoms with Crippen molar-refractivity contribution in [2.24, 2.45) is 0 Å². The maximum Gasteiger partial charge on any atom is 0.0790 e. The summed E-state index contributed by atoms with van der Waals surface area (Å²) in [7, 11) is 0. The first-order chi connectivity index (χ1) is 13.1. The minimum Gasteiger partial charge on any atom is -0.252 e. The molecule has 1 aromatic heterocycles. The van der Waals surface area contributed by atoms with Crippen LogP contribution in [0.4, 0.5) is 0 Å². The van der Waals surface area contributed by atoms with Crippen molar-refractivity contribution in [2.45, 2.75) is 6.92 Å². The Bertz CT molecular complexity index is 1100. The van der Waals surface area contributed by atoms with E-state index in [0.29, 0.717) is 0 Å². The molecule has 0 aliphatic rings. The van der Waals surface area contributed by atoms with Crippen LogP contribution in [-0.2, 0) is 0 Å². The first-order valence-electron chi connectivity index (χ1n) is 8.71. The first kappa shape index (κ1) is 18.1. The van der Waals surface area contributed by atoms with E-state index in [1.54, 1.807) is 0 Å². The molecule has 27 heavy (non-hydrogen) atoms. The lowest BCUT2D eigenvalue weighted by molar-refractivity contribution is 1.21. The highest BCUT2D eigenvalue weighted by Gasteiger charge is 2.17. The van der Waals surface area contributed by atoms with Crippen LogP contribution < -0.4 is 0 Å². The first-order valence-corrected chi connectivity index (χ1v) is 10.3. The van der Waals surface area contributed by atoms with Gasteiger partial charge in [-0.05, 0) is 53.9 Å². The Morgan fingerprint density at radius 1 is 0.630 bits per heavy atom. The number of nitrogens with zero attached hydrogens (tertiary/aromatic N) is 1. The lowest BCUT2D eigenvalue weighted by Crippen LogP contribution is -1.96. The van der Waals surface area contributed by atoms with Crippen molar-refractivity contribution in [1.29, 1.82) is 0 Å². The molecule has 1 nitrogen and oxygen atoms in total. The molecule has 0 amide bonds. The Kier molecular flexibility index (Phi) is 5.24. The fraction of sp³-hybridized carbons (Fsp3) is 0.0417. The van der Waals surface area contributed by atoms with Crippen LogP contribution in [0.5, 0.6) is 0 Å². The molecule has 0 saturated carbocycles. The van der Waals surface area contributed by atoms with E-state index in [0.717, 1.165) is 37.0 Å². The maximum atomic E-state index is 4.94. The van der Waals surface area contributed by atoms with Crippen molar-refractivity contribution in [1.82, 2.24) is 4.98 Å². The van der Waals surface area contributed by atoms with Crippen molar-refractivity contribution in [3.63, 3.8) is 0 Å². The highest BCUT2D eigenvalue weighted by molar-refractivity contribution is 9.10. The molecule has 132 valence electrons. The molecule has 0 spiro atoms. The molecule has 3 aromatic carbocycles. The number of aryl methyl sites for hydroxylation is 1. The minimum absolute atomic E-state index is 0.994. The Balaban J connectivity index is 2.08. The predicted octanol–water partition coefficient (Wildman–Crippen LogP) is 7.92. The van der Waals surface area contributed by atoms with Crippen molar-refractivity contribution >= 4 is 31.9 Å². The summed E-state index contributed by atoms with van der Waals surface area (Å²) in [6, 6.07) is 29.4. The van der Waals surface area contributed by atoms with Gasteiger partial charge in [0.2, 0.25) is 0 Å².